The first-order valence-electron chi connectivity index (χ1n) is 11.8. The van der Waals surface area contributed by atoms with E-state index in [-0.39, 0.29) is 11.3 Å². The minimum absolute atomic E-state index is 0.124. The molecule has 0 atom stereocenters. The number of amides is 1. The van der Waals surface area contributed by atoms with Crippen LogP contribution in [0.1, 0.15) is 72.6 Å². The number of aryl methyl sites for hydroxylation is 3. The molecule has 0 saturated carbocycles. The summed E-state index contributed by atoms with van der Waals surface area (Å²) >= 11 is 1.43. The molecule has 4 aromatic rings. The number of thiophene rings is 1. The van der Waals surface area contributed by atoms with E-state index in [0.717, 1.165) is 69.6 Å². The van der Waals surface area contributed by atoms with E-state index >= 15 is 0 Å². The average molecular weight is 475 g/mol. The zero-order valence-electron chi connectivity index (χ0n) is 20.4. The van der Waals surface area contributed by atoms with Crippen LogP contribution in [0, 0.1) is 13.8 Å². The van der Waals surface area contributed by atoms with Crippen molar-refractivity contribution in [3.8, 4) is 11.4 Å². The third-order valence-corrected chi connectivity index (χ3v) is 7.54. The molecule has 0 bridgehead atoms. The highest BCUT2D eigenvalue weighted by Crippen LogP contribution is 2.34. The van der Waals surface area contributed by atoms with Gasteiger partial charge in [0.1, 0.15) is 16.5 Å². The fourth-order valence-electron chi connectivity index (χ4n) is 4.48. The van der Waals surface area contributed by atoms with Gasteiger partial charge in [0.2, 0.25) is 0 Å². The van der Waals surface area contributed by atoms with E-state index in [1.807, 2.05) is 38.1 Å². The van der Waals surface area contributed by atoms with Crippen LogP contribution in [-0.4, -0.2) is 30.6 Å². The maximum Gasteiger partial charge on any atom is 0.266 e. The maximum atomic E-state index is 13.2. The largest absolute Gasteiger partial charge is 0.321 e. The molecule has 0 unspecified atom stereocenters. The predicted octanol–water partition coefficient (Wildman–Crippen LogP) is 5.84. The molecule has 176 valence electrons. The standard InChI is InChI=1S/C26H30N6OS/c1-15-20-16(2)27-25(26(3,4)5)29-24(20)34-21(15)23(33)28-18-12-10-17(11-13-18)22-31-30-19-9-7-6-8-14-32(19)22/h10-13H,6-9,14H2,1-5H3,(H,28,33). The first-order valence-corrected chi connectivity index (χ1v) is 12.7. The van der Waals surface area contributed by atoms with E-state index in [9.17, 15) is 4.79 Å². The third kappa shape index (κ3) is 4.11. The lowest BCUT2D eigenvalue weighted by molar-refractivity contribution is 0.103. The Labute approximate surface area is 203 Å². The van der Waals surface area contributed by atoms with Crippen molar-refractivity contribution in [1.82, 2.24) is 24.7 Å². The molecule has 34 heavy (non-hydrogen) atoms. The zero-order chi connectivity index (χ0) is 24.0. The van der Waals surface area contributed by atoms with Crippen molar-refractivity contribution in [1.29, 1.82) is 0 Å². The summed E-state index contributed by atoms with van der Waals surface area (Å²) in [4.78, 5) is 24.2. The van der Waals surface area contributed by atoms with Crippen molar-refractivity contribution < 1.29 is 4.79 Å². The lowest BCUT2D eigenvalue weighted by atomic mass is 9.95. The van der Waals surface area contributed by atoms with Crippen LogP contribution < -0.4 is 5.32 Å². The summed E-state index contributed by atoms with van der Waals surface area (Å²) in [6.45, 7) is 11.2. The summed E-state index contributed by atoms with van der Waals surface area (Å²) in [6.07, 6.45) is 4.54. The van der Waals surface area contributed by atoms with E-state index in [2.05, 4.69) is 40.9 Å². The Morgan fingerprint density at radius 1 is 1.03 bits per heavy atom. The predicted molar refractivity (Wildman–Crippen MR) is 137 cm³/mol. The van der Waals surface area contributed by atoms with Gasteiger partial charge >= 0.3 is 0 Å². The summed E-state index contributed by atoms with van der Waals surface area (Å²) in [6, 6.07) is 7.86. The van der Waals surface area contributed by atoms with Crippen molar-refractivity contribution in [2.24, 2.45) is 0 Å². The molecule has 8 heteroatoms. The molecule has 1 aliphatic heterocycles. The second kappa shape index (κ2) is 8.58. The molecule has 0 aliphatic carbocycles. The number of aromatic nitrogens is 5. The van der Waals surface area contributed by atoms with Crippen LogP contribution in [0.4, 0.5) is 5.69 Å². The fraction of sp³-hybridized carbons (Fsp3) is 0.423. The molecule has 5 rings (SSSR count). The summed E-state index contributed by atoms with van der Waals surface area (Å²) in [5, 5.41) is 12.9. The number of anilines is 1. The number of rotatable bonds is 3. The molecule has 7 nitrogen and oxygen atoms in total. The SMILES string of the molecule is Cc1nc(C(C)(C)C)nc2sc(C(=O)Nc3ccc(-c4nnc5n4CCCCC5)cc3)c(C)c12. The van der Waals surface area contributed by atoms with Crippen LogP contribution in [0.25, 0.3) is 21.6 Å². The normalized spacial score (nSPS) is 14.1. The Morgan fingerprint density at radius 2 is 1.79 bits per heavy atom. The van der Waals surface area contributed by atoms with E-state index in [1.165, 1.54) is 24.2 Å². The van der Waals surface area contributed by atoms with E-state index < -0.39 is 0 Å². The number of hydrogen-bond acceptors (Lipinski definition) is 6. The van der Waals surface area contributed by atoms with Crippen molar-refractivity contribution in [3.05, 3.63) is 52.0 Å². The van der Waals surface area contributed by atoms with Crippen molar-refractivity contribution in [2.75, 3.05) is 5.32 Å². The lowest BCUT2D eigenvalue weighted by Crippen LogP contribution is -2.16. The highest BCUT2D eigenvalue weighted by atomic mass is 32.1. The summed E-state index contributed by atoms with van der Waals surface area (Å²) in [5.74, 6) is 2.64. The Bertz CT molecular complexity index is 1380. The zero-order valence-corrected chi connectivity index (χ0v) is 21.2. The van der Waals surface area contributed by atoms with Gasteiger partial charge in [0, 0.05) is 35.0 Å². The second-order valence-electron chi connectivity index (χ2n) is 10.1. The van der Waals surface area contributed by atoms with E-state index in [0.29, 0.717) is 4.88 Å². The van der Waals surface area contributed by atoms with Gasteiger partial charge in [-0.1, -0.05) is 27.2 Å². The number of hydrogen-bond donors (Lipinski definition) is 1. The van der Waals surface area contributed by atoms with E-state index in [4.69, 9.17) is 9.97 Å². The molecule has 1 aromatic carbocycles. The van der Waals surface area contributed by atoms with Gasteiger partial charge in [-0.3, -0.25) is 4.79 Å². The number of carbonyl (C=O) groups is 1. The highest BCUT2D eigenvalue weighted by Gasteiger charge is 2.23. The third-order valence-electron chi connectivity index (χ3n) is 6.36. The quantitative estimate of drug-likeness (QED) is 0.403. The molecule has 0 fully saturated rings. The number of nitrogens with zero attached hydrogens (tertiary/aromatic N) is 5. The first kappa shape index (κ1) is 22.7. The first-order chi connectivity index (χ1) is 16.2. The summed E-state index contributed by atoms with van der Waals surface area (Å²) in [5.41, 5.74) is 3.46. The van der Waals surface area contributed by atoms with Crippen molar-refractivity contribution >= 4 is 33.1 Å². The second-order valence-corrected chi connectivity index (χ2v) is 11.1. The van der Waals surface area contributed by atoms with Crippen LogP contribution in [0.15, 0.2) is 24.3 Å². The molecule has 1 aliphatic rings. The number of carbonyl (C=O) groups excluding carboxylic acids is 1. The summed E-state index contributed by atoms with van der Waals surface area (Å²) < 4.78 is 2.23. The molecule has 3 aromatic heterocycles. The smallest absolute Gasteiger partial charge is 0.266 e. The topological polar surface area (TPSA) is 85.6 Å². The van der Waals surface area contributed by atoms with Gasteiger partial charge < -0.3 is 9.88 Å². The number of nitrogens with one attached hydrogen (secondary N) is 1. The average Bonchev–Trinajstić information content (AvgIpc) is 3.26. The highest BCUT2D eigenvalue weighted by molar-refractivity contribution is 7.20. The molecule has 0 saturated heterocycles. The molecule has 0 spiro atoms. The van der Waals surface area contributed by atoms with Crippen molar-refractivity contribution in [3.63, 3.8) is 0 Å². The minimum atomic E-state index is -0.149. The fourth-order valence-corrected chi connectivity index (χ4v) is 5.61. The molecular formula is C26H30N6OS. The van der Waals surface area contributed by atoms with Crippen LogP contribution in [0.5, 0.6) is 0 Å². The van der Waals surface area contributed by atoms with Gasteiger partial charge in [-0.25, -0.2) is 9.97 Å². The molecule has 4 heterocycles. The lowest BCUT2D eigenvalue weighted by Gasteiger charge is -2.16. The molecular weight excluding hydrogens is 444 g/mol. The maximum absolute atomic E-state index is 13.2. The van der Waals surface area contributed by atoms with Gasteiger partial charge in [0.25, 0.3) is 5.91 Å². The van der Waals surface area contributed by atoms with Crippen molar-refractivity contribution in [2.45, 2.75) is 72.3 Å². The van der Waals surface area contributed by atoms with Gasteiger partial charge in [0.05, 0.1) is 10.6 Å². The van der Waals surface area contributed by atoms with Gasteiger partial charge in [0.15, 0.2) is 5.82 Å². The van der Waals surface area contributed by atoms with Crippen LogP contribution >= 0.6 is 11.3 Å². The summed E-state index contributed by atoms with van der Waals surface area (Å²) in [7, 11) is 0. The van der Waals surface area contributed by atoms with Crippen LogP contribution in [0.2, 0.25) is 0 Å². The Morgan fingerprint density at radius 3 is 2.53 bits per heavy atom. The van der Waals surface area contributed by atoms with Gasteiger partial charge in [-0.15, -0.1) is 21.5 Å². The van der Waals surface area contributed by atoms with Crippen LogP contribution in [-0.2, 0) is 18.4 Å². The van der Waals surface area contributed by atoms with E-state index in [1.54, 1.807) is 0 Å². The van der Waals surface area contributed by atoms with Gasteiger partial charge in [-0.2, -0.15) is 0 Å². The van der Waals surface area contributed by atoms with Crippen LogP contribution in [0.3, 0.4) is 0 Å². The Hall–Kier alpha value is -3.13. The number of fused-ring (bicyclic) bond motifs is 2. The Kier molecular flexibility index (Phi) is 5.72. The molecule has 1 N–H and O–H groups in total. The monoisotopic (exact) mass is 474 g/mol. The van der Waals surface area contributed by atoms with Gasteiger partial charge in [-0.05, 0) is 56.5 Å². The minimum Gasteiger partial charge on any atom is -0.321 e. The Balaban J connectivity index is 1.39. The molecule has 0 radical (unpaired) electrons. The number of benzene rings is 1. The molecule has 1 amide bonds.